The molecule has 3 atom stereocenters. The van der Waals surface area contributed by atoms with E-state index >= 15 is 0 Å². The molecule has 54 heavy (non-hydrogen) atoms. The number of hydrogen-bond acceptors (Lipinski definition) is 7. The lowest BCUT2D eigenvalue weighted by atomic mass is 9.89. The Morgan fingerprint density at radius 2 is 1.52 bits per heavy atom. The Morgan fingerprint density at radius 3 is 2.13 bits per heavy atom. The van der Waals surface area contributed by atoms with Gasteiger partial charge in [0, 0.05) is 32.2 Å². The minimum Gasteiger partial charge on any atom is -0.446 e. The van der Waals surface area contributed by atoms with Gasteiger partial charge in [0.15, 0.2) is 0 Å². The monoisotopic (exact) mass is 769 g/mol. The minimum atomic E-state index is -5.15. The largest absolute Gasteiger partial charge is 0.446 e. The topological polar surface area (TPSA) is 79.6 Å². The van der Waals surface area contributed by atoms with Crippen molar-refractivity contribution in [1.29, 1.82) is 0 Å². The summed E-state index contributed by atoms with van der Waals surface area (Å²) >= 11 is 0. The molecule has 0 bridgehead atoms. The molecule has 0 spiro atoms. The fraction of sp³-hybridized carbons (Fsp3) is 0.444. The normalized spacial score (nSPS) is 19.6. The lowest BCUT2D eigenvalue weighted by molar-refractivity contribution is -0.143. The van der Waals surface area contributed by atoms with E-state index in [2.05, 4.69) is 20.3 Å². The van der Waals surface area contributed by atoms with Crippen LogP contribution in [0.2, 0.25) is 0 Å². The maximum Gasteiger partial charge on any atom is 0.416 e. The first-order chi connectivity index (χ1) is 25.3. The highest BCUT2D eigenvalue weighted by atomic mass is 19.4. The molecule has 1 saturated heterocycles. The van der Waals surface area contributed by atoms with Gasteiger partial charge in [-0.25, -0.2) is 4.79 Å². The van der Waals surface area contributed by atoms with Gasteiger partial charge in [0.25, 0.3) is 5.95 Å². The third kappa shape index (κ3) is 8.58. The minimum absolute atomic E-state index is 0.00450. The van der Waals surface area contributed by atoms with Crippen LogP contribution in [0.3, 0.4) is 0 Å². The lowest BCUT2D eigenvalue weighted by Crippen LogP contribution is -2.47. The molecule has 4 aromatic rings. The van der Waals surface area contributed by atoms with E-state index in [1.807, 2.05) is 30.3 Å². The first kappa shape index (κ1) is 38.8. The molecule has 1 amide bonds. The zero-order valence-corrected chi connectivity index (χ0v) is 29.3. The molecule has 6 rings (SSSR count). The quantitative estimate of drug-likeness (QED) is 0.166. The maximum absolute atomic E-state index is 14.1. The summed E-state index contributed by atoms with van der Waals surface area (Å²) in [7, 11) is 0. The second-order valence-electron chi connectivity index (χ2n) is 13.8. The number of alkyl halides is 9. The number of carbonyl (C=O) groups is 1. The van der Waals surface area contributed by atoms with Crippen LogP contribution < -0.4 is 9.80 Å². The Bertz CT molecular complexity index is 1910. The summed E-state index contributed by atoms with van der Waals surface area (Å²) in [5.41, 5.74) is -3.66. The molecule has 3 heterocycles. The number of ether oxygens (including phenoxy) is 1. The predicted octanol–water partition coefficient (Wildman–Crippen LogP) is 9.07. The third-order valence-corrected chi connectivity index (χ3v) is 9.39. The first-order valence-electron chi connectivity index (χ1n) is 17.1. The van der Waals surface area contributed by atoms with Gasteiger partial charge in [-0.3, -0.25) is 9.80 Å². The van der Waals surface area contributed by atoms with Gasteiger partial charge >= 0.3 is 24.6 Å². The molecule has 1 fully saturated rings. The summed E-state index contributed by atoms with van der Waals surface area (Å²) in [6, 6.07) is 11.2. The van der Waals surface area contributed by atoms with Gasteiger partial charge < -0.3 is 9.64 Å². The van der Waals surface area contributed by atoms with Gasteiger partial charge in [0.2, 0.25) is 0 Å². The van der Waals surface area contributed by atoms with E-state index in [1.54, 1.807) is 20.8 Å². The third-order valence-electron chi connectivity index (χ3n) is 9.39. The predicted molar refractivity (Wildman–Crippen MR) is 178 cm³/mol. The van der Waals surface area contributed by atoms with Gasteiger partial charge in [0.1, 0.15) is 0 Å². The first-order valence-corrected chi connectivity index (χ1v) is 17.1. The number of likely N-dealkylation sites (tertiary alicyclic amines) is 1. The van der Waals surface area contributed by atoms with E-state index < -0.39 is 71.6 Å². The molecule has 0 saturated carbocycles. The van der Waals surface area contributed by atoms with E-state index in [4.69, 9.17) is 4.74 Å². The Balaban J connectivity index is 1.44. The highest BCUT2D eigenvalue weighted by molar-refractivity contribution is 5.90. The molecule has 9 nitrogen and oxygen atoms in total. The smallest absolute Gasteiger partial charge is 0.416 e. The number of tetrazole rings is 1. The molecule has 2 aliphatic heterocycles. The van der Waals surface area contributed by atoms with Crippen LogP contribution in [0.5, 0.6) is 0 Å². The van der Waals surface area contributed by atoms with Crippen molar-refractivity contribution in [2.75, 3.05) is 22.9 Å². The van der Waals surface area contributed by atoms with Crippen LogP contribution in [0.1, 0.15) is 79.1 Å². The van der Waals surface area contributed by atoms with Crippen molar-refractivity contribution in [3.63, 3.8) is 0 Å². The van der Waals surface area contributed by atoms with Crippen LogP contribution in [-0.2, 0) is 36.4 Å². The van der Waals surface area contributed by atoms with Gasteiger partial charge in [-0.15, -0.1) is 5.10 Å². The SMILES string of the molecule is CC(C)OC(=O)N1c2ccc(C(F)(F)F)cc2[C@H](N(Cc2cc(C(F)(F)F)cc(C(F)(F)F)c2)c2nnn([C@@H]3CCN(Cc4ccccc4)C3)n2)C[C@@H]1C. The Labute approximate surface area is 304 Å². The summed E-state index contributed by atoms with van der Waals surface area (Å²) in [4.78, 5) is 19.2. The average Bonchev–Trinajstić information content (AvgIpc) is 3.76. The second kappa shape index (κ2) is 14.8. The second-order valence-corrected chi connectivity index (χ2v) is 13.8. The molecule has 3 aromatic carbocycles. The highest BCUT2D eigenvalue weighted by Crippen LogP contribution is 2.46. The van der Waals surface area contributed by atoms with E-state index in [9.17, 15) is 44.3 Å². The number of hydrogen-bond donors (Lipinski definition) is 0. The number of nitrogens with zero attached hydrogens (tertiary/aromatic N) is 7. The van der Waals surface area contributed by atoms with Crippen molar-refractivity contribution in [3.8, 4) is 0 Å². The molecule has 18 heteroatoms. The Morgan fingerprint density at radius 1 is 0.870 bits per heavy atom. The summed E-state index contributed by atoms with van der Waals surface area (Å²) in [6.07, 6.45) is -16.1. The molecule has 1 aromatic heterocycles. The summed E-state index contributed by atoms with van der Waals surface area (Å²) < 4.78 is 131. The van der Waals surface area contributed by atoms with Crippen LogP contribution in [-0.4, -0.2) is 56.4 Å². The van der Waals surface area contributed by atoms with Crippen LogP contribution in [0.15, 0.2) is 66.7 Å². The molecule has 0 unspecified atom stereocenters. The fourth-order valence-corrected chi connectivity index (χ4v) is 6.94. The van der Waals surface area contributed by atoms with Crippen molar-refractivity contribution < 1.29 is 49.0 Å². The lowest BCUT2D eigenvalue weighted by Gasteiger charge is -2.43. The van der Waals surface area contributed by atoms with Crippen LogP contribution in [0.25, 0.3) is 0 Å². The van der Waals surface area contributed by atoms with Gasteiger partial charge in [-0.2, -0.15) is 44.3 Å². The number of amides is 1. The van der Waals surface area contributed by atoms with E-state index in [-0.39, 0.29) is 35.7 Å². The molecule has 0 aliphatic carbocycles. The summed E-state index contributed by atoms with van der Waals surface area (Å²) in [5, 5.41) is 12.9. The zero-order valence-electron chi connectivity index (χ0n) is 29.3. The highest BCUT2D eigenvalue weighted by Gasteiger charge is 2.43. The van der Waals surface area contributed by atoms with Gasteiger partial charge in [0.05, 0.1) is 40.6 Å². The number of fused-ring (bicyclic) bond motifs is 1. The van der Waals surface area contributed by atoms with E-state index in [0.717, 1.165) is 23.8 Å². The van der Waals surface area contributed by atoms with Crippen molar-refractivity contribution in [2.24, 2.45) is 0 Å². The van der Waals surface area contributed by atoms with E-state index in [1.165, 1.54) is 14.6 Å². The summed E-state index contributed by atoms with van der Waals surface area (Å²) in [6.45, 7) is 5.90. The maximum atomic E-state index is 14.1. The summed E-state index contributed by atoms with van der Waals surface area (Å²) in [5.74, 6) is -0.235. The molecule has 290 valence electrons. The van der Waals surface area contributed by atoms with E-state index in [0.29, 0.717) is 38.2 Å². The number of anilines is 2. The number of halogens is 9. The fourth-order valence-electron chi connectivity index (χ4n) is 6.94. The van der Waals surface area contributed by atoms with Gasteiger partial charge in [-0.05, 0) is 91.9 Å². The Hall–Kier alpha value is -4.87. The van der Waals surface area contributed by atoms with Crippen LogP contribution >= 0.6 is 0 Å². The zero-order chi connectivity index (χ0) is 39.2. The number of benzene rings is 3. The van der Waals surface area contributed by atoms with Crippen LogP contribution in [0, 0.1) is 0 Å². The Kier molecular flexibility index (Phi) is 10.6. The van der Waals surface area contributed by atoms with Crippen molar-refractivity contribution >= 4 is 17.7 Å². The molecule has 2 aliphatic rings. The molecular weight excluding hydrogens is 733 g/mol. The van der Waals surface area contributed by atoms with Crippen molar-refractivity contribution in [3.05, 3.63) is 100 Å². The van der Waals surface area contributed by atoms with Crippen molar-refractivity contribution in [1.82, 2.24) is 25.1 Å². The molecular formula is C36H36F9N7O2. The average molecular weight is 770 g/mol. The molecule has 0 N–H and O–H groups in total. The number of carbonyl (C=O) groups excluding carboxylic acids is 1. The molecule has 0 radical (unpaired) electrons. The van der Waals surface area contributed by atoms with Gasteiger partial charge in [-0.1, -0.05) is 35.4 Å². The standard InChI is InChI=1S/C36H36F9N7O2/c1-21(2)54-33(53)51-22(3)13-31(29-17-25(34(37,38)39)9-10-30(29)51)50(19-24-14-26(35(40,41)42)16-27(15-24)36(43,44)45)32-46-48-52(47-32)28-11-12-49(20-28)18-23-7-5-4-6-8-23/h4-10,14-17,21-22,28,31H,11-13,18-20H2,1-3H3/t22-,28+,31+/m0/s1. The van der Waals surface area contributed by atoms with Crippen molar-refractivity contribution in [2.45, 2.75) is 89.5 Å². The number of aromatic nitrogens is 4. The number of rotatable bonds is 8. The van der Waals surface area contributed by atoms with Crippen LogP contribution in [0.4, 0.5) is 55.9 Å².